The van der Waals surface area contributed by atoms with Crippen LogP contribution in [0, 0.1) is 40.4 Å². The molecule has 0 aromatic rings. The molecule has 1 saturated heterocycles. The first kappa shape index (κ1) is 19.2. The summed E-state index contributed by atoms with van der Waals surface area (Å²) in [7, 11) is 0. The number of allylic oxidation sites excluding steroid dienone is 3. The van der Waals surface area contributed by atoms with Crippen molar-refractivity contribution in [2.45, 2.75) is 78.1 Å². The predicted molar refractivity (Wildman–Crippen MR) is 127 cm³/mol. The Morgan fingerprint density at radius 3 is 2.63 bits per heavy atom. The van der Waals surface area contributed by atoms with Crippen molar-refractivity contribution in [1.29, 1.82) is 0 Å². The first-order valence-corrected chi connectivity index (χ1v) is 17.0. The van der Waals surface area contributed by atoms with E-state index in [-0.39, 0.29) is 19.8 Å². The van der Waals surface area contributed by atoms with Crippen LogP contribution in [0.1, 0.15) is 78.1 Å². The Balaban J connectivity index is 1.29. The molecule has 0 bridgehead atoms. The fraction of sp³-hybridized carbons (Fsp3) is 0.846. The molecule has 5 aliphatic rings. The Bertz CT molecular complexity index is 641. The van der Waals surface area contributed by atoms with Gasteiger partial charge in [0.2, 0.25) is 0 Å². The minimum atomic E-state index is -0.364. The summed E-state index contributed by atoms with van der Waals surface area (Å²) in [6.07, 6.45) is 17.3. The molecule has 152 valence electrons. The zero-order valence-electron chi connectivity index (χ0n) is 18.0. The molecule has 1 heterocycles. The van der Waals surface area contributed by atoms with E-state index in [4.69, 9.17) is 0 Å². The Labute approximate surface area is 175 Å². The SMILES string of the molecule is C=C1CCC2C3CCC4C/C(=C\CC5CI(C)C5)CCC4(C)C3CCC12C. The van der Waals surface area contributed by atoms with Gasteiger partial charge in [0, 0.05) is 0 Å². The van der Waals surface area contributed by atoms with Crippen molar-refractivity contribution < 1.29 is 0 Å². The third-order valence-electron chi connectivity index (χ3n) is 10.2. The summed E-state index contributed by atoms with van der Waals surface area (Å²) in [4.78, 5) is 2.58. The molecule has 6 atom stereocenters. The maximum absolute atomic E-state index is 4.50. The van der Waals surface area contributed by atoms with Crippen LogP contribution in [0.25, 0.3) is 0 Å². The van der Waals surface area contributed by atoms with Crippen LogP contribution >= 0.6 is 19.8 Å². The van der Waals surface area contributed by atoms with Crippen LogP contribution in [0.5, 0.6) is 0 Å². The van der Waals surface area contributed by atoms with Crippen LogP contribution in [-0.4, -0.2) is 13.8 Å². The van der Waals surface area contributed by atoms with E-state index < -0.39 is 0 Å². The molecule has 5 rings (SSSR count). The van der Waals surface area contributed by atoms with Gasteiger partial charge in [0.25, 0.3) is 0 Å². The van der Waals surface area contributed by atoms with Crippen molar-refractivity contribution in [3.05, 3.63) is 23.8 Å². The topological polar surface area (TPSA) is 0 Å². The number of alkyl halides is 3. The van der Waals surface area contributed by atoms with Crippen molar-refractivity contribution >= 4 is 19.8 Å². The average molecular weight is 481 g/mol. The molecule has 0 aromatic carbocycles. The minimum Gasteiger partial charge on any atom is -0.0556 e. The Hall–Kier alpha value is 0.210. The van der Waals surface area contributed by atoms with Gasteiger partial charge in [-0.05, 0) is 6.42 Å². The molecule has 1 aliphatic heterocycles. The molecule has 4 aliphatic carbocycles. The van der Waals surface area contributed by atoms with Crippen molar-refractivity contribution in [2.75, 3.05) is 13.8 Å². The van der Waals surface area contributed by atoms with Crippen molar-refractivity contribution in [1.82, 2.24) is 0 Å². The van der Waals surface area contributed by atoms with Gasteiger partial charge < -0.3 is 0 Å². The molecule has 27 heavy (non-hydrogen) atoms. The molecular weight excluding hydrogens is 439 g/mol. The molecule has 5 fully saturated rings. The summed E-state index contributed by atoms with van der Waals surface area (Å²) in [6.45, 7) is 9.80. The van der Waals surface area contributed by atoms with Crippen LogP contribution < -0.4 is 0 Å². The second kappa shape index (κ2) is 6.88. The Morgan fingerprint density at radius 1 is 1.04 bits per heavy atom. The van der Waals surface area contributed by atoms with Crippen molar-refractivity contribution in [2.24, 2.45) is 40.4 Å². The predicted octanol–water partition coefficient (Wildman–Crippen LogP) is 7.67. The summed E-state index contributed by atoms with van der Waals surface area (Å²) in [5.41, 5.74) is 4.59. The molecule has 0 N–H and O–H groups in total. The van der Waals surface area contributed by atoms with Gasteiger partial charge in [0.1, 0.15) is 0 Å². The molecule has 6 unspecified atom stereocenters. The van der Waals surface area contributed by atoms with Crippen molar-refractivity contribution in [3.63, 3.8) is 0 Å². The van der Waals surface area contributed by atoms with Crippen LogP contribution in [0.2, 0.25) is 0 Å². The maximum atomic E-state index is 4.50. The fourth-order valence-corrected chi connectivity index (χ4v) is 13.1. The monoisotopic (exact) mass is 480 g/mol. The zero-order valence-corrected chi connectivity index (χ0v) is 20.2. The van der Waals surface area contributed by atoms with E-state index in [1.807, 2.05) is 5.57 Å². The van der Waals surface area contributed by atoms with Crippen LogP contribution in [0.15, 0.2) is 23.8 Å². The third kappa shape index (κ3) is 3.03. The van der Waals surface area contributed by atoms with Gasteiger partial charge in [-0.2, -0.15) is 0 Å². The summed E-state index contributed by atoms with van der Waals surface area (Å²) in [6, 6.07) is 0. The van der Waals surface area contributed by atoms with Crippen LogP contribution in [-0.2, 0) is 0 Å². The second-order valence-corrected chi connectivity index (χ2v) is 17.3. The van der Waals surface area contributed by atoms with Crippen LogP contribution in [0.4, 0.5) is 0 Å². The van der Waals surface area contributed by atoms with Gasteiger partial charge >= 0.3 is 150 Å². The summed E-state index contributed by atoms with van der Waals surface area (Å²) in [5.74, 6) is 5.06. The normalized spacial score (nSPS) is 50.1. The van der Waals surface area contributed by atoms with Gasteiger partial charge in [-0.15, -0.1) is 0 Å². The molecule has 0 aromatic heterocycles. The average Bonchev–Trinajstić information content (AvgIpc) is 2.93. The number of hydrogen-bond acceptors (Lipinski definition) is 0. The first-order chi connectivity index (χ1) is 12.9. The number of halogens is 1. The van der Waals surface area contributed by atoms with E-state index in [0.717, 1.165) is 29.6 Å². The molecule has 0 amide bonds. The quantitative estimate of drug-likeness (QED) is 0.216. The molecular formula is C26H41I. The standard InChI is InChI=1S/C26H41I/c1-18-5-10-23-22-9-8-21-15-19(6-7-20-16-27(4)17-20)11-13-26(21,3)24(22)12-14-25(18,23)2/h6,20-24H,1,5,7-17H2,2-4H3/b19-6-. The van der Waals surface area contributed by atoms with Crippen LogP contribution in [0.3, 0.4) is 0 Å². The summed E-state index contributed by atoms with van der Waals surface area (Å²) in [5, 5.41) is 0. The molecule has 0 nitrogen and oxygen atoms in total. The third-order valence-corrected chi connectivity index (χ3v) is 15.7. The van der Waals surface area contributed by atoms with Gasteiger partial charge in [-0.1, -0.05) is 19.1 Å². The molecule has 0 spiro atoms. The Kier molecular flexibility index (Phi) is 4.89. The van der Waals surface area contributed by atoms with E-state index in [1.165, 1.54) is 64.2 Å². The van der Waals surface area contributed by atoms with Gasteiger partial charge in [0.05, 0.1) is 0 Å². The van der Waals surface area contributed by atoms with Gasteiger partial charge in [0.15, 0.2) is 0 Å². The Morgan fingerprint density at radius 2 is 1.85 bits per heavy atom. The van der Waals surface area contributed by atoms with E-state index in [1.54, 1.807) is 14.4 Å². The second-order valence-electron chi connectivity index (χ2n) is 11.5. The minimum absolute atomic E-state index is 0.364. The number of fused-ring (bicyclic) bond motifs is 5. The van der Waals surface area contributed by atoms with E-state index in [2.05, 4.69) is 31.4 Å². The van der Waals surface area contributed by atoms with E-state index in [9.17, 15) is 0 Å². The first-order valence-electron chi connectivity index (χ1n) is 11.8. The summed E-state index contributed by atoms with van der Waals surface area (Å²) >= 11 is -0.364. The van der Waals surface area contributed by atoms with Crippen molar-refractivity contribution in [3.8, 4) is 0 Å². The van der Waals surface area contributed by atoms with Gasteiger partial charge in [-0.25, -0.2) is 0 Å². The zero-order chi connectivity index (χ0) is 18.8. The number of hydrogen-bond donors (Lipinski definition) is 0. The fourth-order valence-electron chi connectivity index (χ4n) is 8.36. The molecule has 4 saturated carbocycles. The smallest absolute Gasteiger partial charge is 0.0556 e. The molecule has 1 heteroatoms. The molecule has 0 radical (unpaired) electrons. The summed E-state index contributed by atoms with van der Waals surface area (Å²) < 4.78 is 3.29. The van der Waals surface area contributed by atoms with E-state index in [0.29, 0.717) is 10.8 Å². The van der Waals surface area contributed by atoms with E-state index >= 15 is 0 Å². The van der Waals surface area contributed by atoms with Gasteiger partial charge in [-0.3, -0.25) is 0 Å². The number of rotatable bonds is 2.